The van der Waals surface area contributed by atoms with Gasteiger partial charge in [-0.05, 0) is 25.9 Å². The molecule has 1 amide bonds. The van der Waals surface area contributed by atoms with Crippen LogP contribution in [0.15, 0.2) is 12.3 Å². The predicted octanol–water partition coefficient (Wildman–Crippen LogP) is -0.450. The van der Waals surface area contributed by atoms with Crippen LogP contribution in [0.2, 0.25) is 0 Å². The molecule has 1 aromatic heterocycles. The molecule has 0 saturated carbocycles. The van der Waals surface area contributed by atoms with E-state index in [-0.39, 0.29) is 5.91 Å². The Balaban J connectivity index is 1.70. The molecule has 0 atom stereocenters. The molecule has 0 aromatic carbocycles. The van der Waals surface area contributed by atoms with E-state index in [0.29, 0.717) is 44.1 Å². The standard InChI is InChI=1S/C14H20N4O3/c15-13(19)14(1-3-16-4-2-14)18-8-10-7-11-12(9-17-10)21-6-5-20-11/h7,9,16,18H,1-6,8H2,(H2,15,19). The SMILES string of the molecule is NC(=O)C1(NCc2cc3c(cn2)OCCO3)CCNCC1. The fraction of sp³-hybridized carbons (Fsp3) is 0.571. The van der Waals surface area contributed by atoms with Gasteiger partial charge in [-0.25, -0.2) is 0 Å². The summed E-state index contributed by atoms with van der Waals surface area (Å²) >= 11 is 0. The quantitative estimate of drug-likeness (QED) is 0.695. The normalized spacial score (nSPS) is 20.0. The lowest BCUT2D eigenvalue weighted by Crippen LogP contribution is -2.60. The van der Waals surface area contributed by atoms with Crippen molar-refractivity contribution in [1.29, 1.82) is 0 Å². The van der Waals surface area contributed by atoms with Crippen LogP contribution >= 0.6 is 0 Å². The van der Waals surface area contributed by atoms with Crippen LogP contribution in [0.5, 0.6) is 11.5 Å². The van der Waals surface area contributed by atoms with E-state index in [2.05, 4.69) is 15.6 Å². The number of fused-ring (bicyclic) bond motifs is 1. The Kier molecular flexibility index (Phi) is 3.94. The number of carbonyl (C=O) groups excluding carboxylic acids is 1. The van der Waals surface area contributed by atoms with E-state index in [9.17, 15) is 4.79 Å². The van der Waals surface area contributed by atoms with Crippen LogP contribution in [0.25, 0.3) is 0 Å². The van der Waals surface area contributed by atoms with E-state index >= 15 is 0 Å². The van der Waals surface area contributed by atoms with Crippen LogP contribution in [0.4, 0.5) is 0 Å². The maximum atomic E-state index is 11.8. The number of hydrogen-bond donors (Lipinski definition) is 3. The molecule has 7 heteroatoms. The smallest absolute Gasteiger partial charge is 0.237 e. The maximum Gasteiger partial charge on any atom is 0.237 e. The van der Waals surface area contributed by atoms with Crippen LogP contribution in [0.1, 0.15) is 18.5 Å². The molecule has 0 radical (unpaired) electrons. The molecule has 0 bridgehead atoms. The van der Waals surface area contributed by atoms with Gasteiger partial charge in [0.15, 0.2) is 11.5 Å². The first-order valence-corrected chi connectivity index (χ1v) is 7.20. The molecule has 1 aromatic rings. The van der Waals surface area contributed by atoms with E-state index in [0.717, 1.165) is 18.8 Å². The van der Waals surface area contributed by atoms with Crippen LogP contribution in [-0.4, -0.2) is 42.7 Å². The molecular weight excluding hydrogens is 272 g/mol. The molecule has 21 heavy (non-hydrogen) atoms. The highest BCUT2D eigenvalue weighted by Gasteiger charge is 2.37. The van der Waals surface area contributed by atoms with Crippen molar-refractivity contribution in [2.24, 2.45) is 5.73 Å². The molecule has 7 nitrogen and oxygen atoms in total. The predicted molar refractivity (Wildman–Crippen MR) is 76.1 cm³/mol. The van der Waals surface area contributed by atoms with Crippen LogP contribution in [-0.2, 0) is 11.3 Å². The Morgan fingerprint density at radius 2 is 2.05 bits per heavy atom. The molecule has 114 valence electrons. The summed E-state index contributed by atoms with van der Waals surface area (Å²) in [7, 11) is 0. The van der Waals surface area contributed by atoms with Crippen molar-refractivity contribution < 1.29 is 14.3 Å². The molecule has 0 spiro atoms. The Labute approximate surface area is 123 Å². The number of ether oxygens (including phenoxy) is 2. The van der Waals surface area contributed by atoms with Gasteiger partial charge in [-0.2, -0.15) is 0 Å². The van der Waals surface area contributed by atoms with Gasteiger partial charge in [-0.1, -0.05) is 0 Å². The number of pyridine rings is 1. The van der Waals surface area contributed by atoms with Crippen molar-refractivity contribution >= 4 is 5.91 Å². The number of hydrogen-bond acceptors (Lipinski definition) is 6. The number of amides is 1. The molecule has 4 N–H and O–H groups in total. The molecule has 0 unspecified atom stereocenters. The maximum absolute atomic E-state index is 11.8. The number of rotatable bonds is 4. The summed E-state index contributed by atoms with van der Waals surface area (Å²) in [5.41, 5.74) is 5.73. The number of primary amides is 1. The van der Waals surface area contributed by atoms with Gasteiger partial charge in [0, 0.05) is 12.6 Å². The summed E-state index contributed by atoms with van der Waals surface area (Å²) < 4.78 is 11.0. The first-order valence-electron chi connectivity index (χ1n) is 7.20. The van der Waals surface area contributed by atoms with Crippen molar-refractivity contribution in [2.45, 2.75) is 24.9 Å². The van der Waals surface area contributed by atoms with E-state index in [4.69, 9.17) is 15.2 Å². The van der Waals surface area contributed by atoms with Gasteiger partial charge in [0.2, 0.25) is 5.91 Å². The highest BCUT2D eigenvalue weighted by atomic mass is 16.6. The van der Waals surface area contributed by atoms with Crippen LogP contribution < -0.4 is 25.8 Å². The summed E-state index contributed by atoms with van der Waals surface area (Å²) in [6.07, 6.45) is 3.03. The van der Waals surface area contributed by atoms with Crippen LogP contribution in [0, 0.1) is 0 Å². The van der Waals surface area contributed by atoms with E-state index in [1.807, 2.05) is 6.07 Å². The van der Waals surface area contributed by atoms with E-state index in [1.54, 1.807) is 6.20 Å². The van der Waals surface area contributed by atoms with Gasteiger partial charge in [0.05, 0.1) is 11.9 Å². The summed E-state index contributed by atoms with van der Waals surface area (Å²) in [6, 6.07) is 1.84. The fourth-order valence-corrected chi connectivity index (χ4v) is 2.71. The highest BCUT2D eigenvalue weighted by Crippen LogP contribution is 2.29. The second-order valence-electron chi connectivity index (χ2n) is 5.37. The molecule has 1 fully saturated rings. The molecule has 3 heterocycles. The largest absolute Gasteiger partial charge is 0.486 e. The summed E-state index contributed by atoms with van der Waals surface area (Å²) in [5.74, 6) is 1.06. The van der Waals surface area contributed by atoms with Crippen LogP contribution in [0.3, 0.4) is 0 Å². The minimum atomic E-state index is -0.653. The van der Waals surface area contributed by atoms with Gasteiger partial charge < -0.3 is 20.5 Å². The third-order valence-corrected chi connectivity index (χ3v) is 4.02. The molecule has 1 saturated heterocycles. The summed E-state index contributed by atoms with van der Waals surface area (Å²) in [4.78, 5) is 16.1. The van der Waals surface area contributed by atoms with E-state index < -0.39 is 5.54 Å². The van der Waals surface area contributed by atoms with Gasteiger partial charge in [0.25, 0.3) is 0 Å². The highest BCUT2D eigenvalue weighted by molar-refractivity contribution is 5.84. The summed E-state index contributed by atoms with van der Waals surface area (Å²) in [5, 5.41) is 6.52. The van der Waals surface area contributed by atoms with Crippen molar-refractivity contribution in [3.05, 3.63) is 18.0 Å². The van der Waals surface area contributed by atoms with Gasteiger partial charge >= 0.3 is 0 Å². The molecule has 0 aliphatic carbocycles. The lowest BCUT2D eigenvalue weighted by Gasteiger charge is -2.35. The van der Waals surface area contributed by atoms with Crippen molar-refractivity contribution in [3.8, 4) is 11.5 Å². The monoisotopic (exact) mass is 292 g/mol. The fourth-order valence-electron chi connectivity index (χ4n) is 2.71. The third-order valence-electron chi connectivity index (χ3n) is 4.02. The number of piperidine rings is 1. The average Bonchev–Trinajstić information content (AvgIpc) is 2.53. The second kappa shape index (κ2) is 5.87. The van der Waals surface area contributed by atoms with E-state index in [1.165, 1.54) is 0 Å². The summed E-state index contributed by atoms with van der Waals surface area (Å²) in [6.45, 7) is 3.12. The minimum absolute atomic E-state index is 0.304. The lowest BCUT2D eigenvalue weighted by atomic mass is 9.87. The van der Waals surface area contributed by atoms with Crippen molar-refractivity contribution in [1.82, 2.24) is 15.6 Å². The number of aromatic nitrogens is 1. The van der Waals surface area contributed by atoms with Crippen molar-refractivity contribution in [3.63, 3.8) is 0 Å². The van der Waals surface area contributed by atoms with Gasteiger partial charge in [0.1, 0.15) is 18.8 Å². The molecule has 3 rings (SSSR count). The Bertz CT molecular complexity index is 529. The topological polar surface area (TPSA) is 98.5 Å². The zero-order valence-corrected chi connectivity index (χ0v) is 11.9. The Hall–Kier alpha value is -1.86. The zero-order chi connectivity index (χ0) is 14.7. The molecular formula is C14H20N4O3. The molecule has 2 aliphatic heterocycles. The Morgan fingerprint density at radius 3 is 2.76 bits per heavy atom. The van der Waals surface area contributed by atoms with Gasteiger partial charge in [-0.3, -0.25) is 15.1 Å². The number of nitrogens with two attached hydrogens (primary N) is 1. The Morgan fingerprint density at radius 1 is 1.33 bits per heavy atom. The first kappa shape index (κ1) is 14.1. The number of nitrogens with one attached hydrogen (secondary N) is 2. The number of nitrogens with zero attached hydrogens (tertiary/aromatic N) is 1. The lowest BCUT2D eigenvalue weighted by molar-refractivity contribution is -0.125. The van der Waals surface area contributed by atoms with Crippen molar-refractivity contribution in [2.75, 3.05) is 26.3 Å². The minimum Gasteiger partial charge on any atom is -0.486 e. The van der Waals surface area contributed by atoms with Gasteiger partial charge in [-0.15, -0.1) is 0 Å². The third kappa shape index (κ3) is 2.93. The molecule has 2 aliphatic rings. The zero-order valence-electron chi connectivity index (χ0n) is 11.9. The number of carbonyl (C=O) groups is 1. The average molecular weight is 292 g/mol. The first-order chi connectivity index (χ1) is 10.2. The second-order valence-corrected chi connectivity index (χ2v) is 5.37.